The molecule has 0 aromatic carbocycles. The molecule has 0 bridgehead atoms. The van der Waals surface area contributed by atoms with Crippen LogP contribution in [0.5, 0.6) is 0 Å². The molecular formula is C17H32NO2. The van der Waals surface area contributed by atoms with Gasteiger partial charge in [0.1, 0.15) is 0 Å². The number of allylic oxidation sites excluding steroid dienone is 1. The van der Waals surface area contributed by atoms with Gasteiger partial charge >= 0.3 is 0 Å². The number of rotatable bonds is 14. The van der Waals surface area contributed by atoms with Crippen molar-refractivity contribution in [2.24, 2.45) is 0 Å². The van der Waals surface area contributed by atoms with Crippen molar-refractivity contribution in [1.29, 1.82) is 0 Å². The lowest BCUT2D eigenvalue weighted by Crippen LogP contribution is -2.32. The molecule has 0 N–H and O–H groups in total. The number of unbranched alkanes of at least 4 members (excludes halogenated alkanes) is 6. The van der Waals surface area contributed by atoms with Gasteiger partial charge in [-0.25, -0.2) is 5.06 Å². The average Bonchev–Trinajstić information content (AvgIpc) is 2.46. The van der Waals surface area contributed by atoms with E-state index < -0.39 is 0 Å². The highest BCUT2D eigenvalue weighted by molar-refractivity contribution is 5.74. The minimum absolute atomic E-state index is 0.141. The number of carbonyl (C=O) groups is 1. The van der Waals surface area contributed by atoms with Crippen LogP contribution in [0.1, 0.15) is 78.1 Å². The van der Waals surface area contributed by atoms with E-state index in [9.17, 15) is 4.79 Å². The van der Waals surface area contributed by atoms with Gasteiger partial charge in [-0.15, -0.1) is 0 Å². The van der Waals surface area contributed by atoms with Crippen molar-refractivity contribution >= 4 is 5.91 Å². The molecule has 0 atom stereocenters. The fourth-order valence-corrected chi connectivity index (χ4v) is 1.96. The Labute approximate surface area is 125 Å². The van der Waals surface area contributed by atoms with Gasteiger partial charge in [0.2, 0.25) is 5.91 Å². The van der Waals surface area contributed by atoms with Gasteiger partial charge in [0.25, 0.3) is 0 Å². The second-order valence-electron chi connectivity index (χ2n) is 5.22. The van der Waals surface area contributed by atoms with Crippen molar-refractivity contribution in [3.63, 3.8) is 0 Å². The summed E-state index contributed by atoms with van der Waals surface area (Å²) in [4.78, 5) is 17.6. The third-order valence-electron chi connectivity index (χ3n) is 3.21. The molecule has 117 valence electrons. The van der Waals surface area contributed by atoms with Gasteiger partial charge in [0, 0.05) is 13.0 Å². The third kappa shape index (κ3) is 11.0. The summed E-state index contributed by atoms with van der Waals surface area (Å²) < 4.78 is 0. The fourth-order valence-electron chi connectivity index (χ4n) is 1.96. The first-order chi connectivity index (χ1) is 9.76. The second kappa shape index (κ2) is 14.6. The molecule has 0 aromatic heterocycles. The van der Waals surface area contributed by atoms with Crippen LogP contribution in [0, 0.1) is 6.58 Å². The van der Waals surface area contributed by atoms with E-state index in [4.69, 9.17) is 11.4 Å². The molecule has 1 amide bonds. The maximum absolute atomic E-state index is 12.1. The van der Waals surface area contributed by atoms with Gasteiger partial charge in [-0.3, -0.25) is 9.63 Å². The lowest BCUT2D eigenvalue weighted by molar-refractivity contribution is -0.187. The zero-order valence-electron chi connectivity index (χ0n) is 13.4. The summed E-state index contributed by atoms with van der Waals surface area (Å²) in [7, 11) is 0. The smallest absolute Gasteiger partial charge is 0.246 e. The van der Waals surface area contributed by atoms with Crippen LogP contribution in [0.15, 0.2) is 6.08 Å². The molecule has 0 aliphatic carbocycles. The van der Waals surface area contributed by atoms with Gasteiger partial charge in [0.15, 0.2) is 0 Å². The summed E-state index contributed by atoms with van der Waals surface area (Å²) in [5, 5.41) is 1.58. The van der Waals surface area contributed by atoms with Gasteiger partial charge in [-0.05, 0) is 32.1 Å². The topological polar surface area (TPSA) is 29.5 Å². The van der Waals surface area contributed by atoms with Crippen molar-refractivity contribution in [2.75, 3.05) is 13.2 Å². The van der Waals surface area contributed by atoms with Crippen LogP contribution >= 0.6 is 0 Å². The predicted molar refractivity (Wildman–Crippen MR) is 84.1 cm³/mol. The van der Waals surface area contributed by atoms with Crippen molar-refractivity contribution in [3.8, 4) is 0 Å². The molecule has 1 radical (unpaired) electrons. The molecule has 20 heavy (non-hydrogen) atoms. The first kappa shape index (κ1) is 19.2. The van der Waals surface area contributed by atoms with Crippen LogP contribution in [0.2, 0.25) is 0 Å². The lowest BCUT2D eigenvalue weighted by Gasteiger charge is -2.21. The van der Waals surface area contributed by atoms with E-state index in [1.54, 1.807) is 11.1 Å². The molecule has 0 spiro atoms. The number of hydrogen-bond donors (Lipinski definition) is 0. The highest BCUT2D eigenvalue weighted by Gasteiger charge is 2.12. The van der Waals surface area contributed by atoms with Crippen molar-refractivity contribution in [3.05, 3.63) is 12.7 Å². The standard InChI is InChI=1S/C17H32NO2/c1-4-7-9-10-11-12-13-14-17(19)18(15-8-5-2)20-16-6-3/h1,4H,5-16H2,2-3H3. The molecule has 0 unspecified atom stereocenters. The molecule has 0 saturated heterocycles. The Morgan fingerprint density at radius 2 is 1.75 bits per heavy atom. The summed E-state index contributed by atoms with van der Waals surface area (Å²) in [6.07, 6.45) is 12.0. The SMILES string of the molecule is [CH]=CCCCCCCCC(=O)N(CCCC)OCCC. The molecule has 0 saturated carbocycles. The summed E-state index contributed by atoms with van der Waals surface area (Å²) >= 11 is 0. The first-order valence-electron chi connectivity index (χ1n) is 8.22. The van der Waals surface area contributed by atoms with E-state index in [1.807, 2.05) is 0 Å². The van der Waals surface area contributed by atoms with Gasteiger partial charge < -0.3 is 0 Å². The Hall–Kier alpha value is -0.830. The van der Waals surface area contributed by atoms with E-state index in [0.29, 0.717) is 13.0 Å². The molecule has 0 aromatic rings. The van der Waals surface area contributed by atoms with Crippen LogP contribution in [0.25, 0.3) is 0 Å². The maximum Gasteiger partial charge on any atom is 0.246 e. The summed E-state index contributed by atoms with van der Waals surface area (Å²) in [6.45, 7) is 10.9. The van der Waals surface area contributed by atoms with Crippen LogP contribution < -0.4 is 0 Å². The van der Waals surface area contributed by atoms with Crippen LogP contribution in [-0.2, 0) is 9.63 Å². The number of hydrogen-bond acceptors (Lipinski definition) is 2. The molecular weight excluding hydrogens is 250 g/mol. The first-order valence-corrected chi connectivity index (χ1v) is 8.22. The zero-order valence-corrected chi connectivity index (χ0v) is 13.4. The van der Waals surface area contributed by atoms with Crippen molar-refractivity contribution < 1.29 is 9.63 Å². The zero-order chi connectivity index (χ0) is 15.1. The second-order valence-corrected chi connectivity index (χ2v) is 5.22. The highest BCUT2D eigenvalue weighted by Crippen LogP contribution is 2.09. The average molecular weight is 282 g/mol. The number of amides is 1. The molecule has 0 aliphatic heterocycles. The Morgan fingerprint density at radius 1 is 1.05 bits per heavy atom. The predicted octanol–water partition coefficient (Wildman–Crippen LogP) is 4.68. The Morgan fingerprint density at radius 3 is 2.40 bits per heavy atom. The van der Waals surface area contributed by atoms with Gasteiger partial charge in [-0.2, -0.15) is 0 Å². The Balaban J connectivity index is 3.73. The molecule has 0 heterocycles. The summed E-state index contributed by atoms with van der Waals surface area (Å²) in [5.41, 5.74) is 0. The lowest BCUT2D eigenvalue weighted by atomic mass is 10.1. The maximum atomic E-state index is 12.1. The molecule has 0 aliphatic rings. The molecule has 3 heteroatoms. The van der Waals surface area contributed by atoms with Crippen molar-refractivity contribution in [1.82, 2.24) is 5.06 Å². The van der Waals surface area contributed by atoms with Crippen LogP contribution in [0.3, 0.4) is 0 Å². The summed E-state index contributed by atoms with van der Waals surface area (Å²) in [6, 6.07) is 0. The van der Waals surface area contributed by atoms with E-state index in [-0.39, 0.29) is 5.91 Å². The van der Waals surface area contributed by atoms with Crippen molar-refractivity contribution in [2.45, 2.75) is 78.1 Å². The minimum Gasteiger partial charge on any atom is -0.273 e. The van der Waals surface area contributed by atoms with E-state index >= 15 is 0 Å². The highest BCUT2D eigenvalue weighted by atomic mass is 16.7. The quantitative estimate of drug-likeness (QED) is 0.342. The fraction of sp³-hybridized carbons (Fsp3) is 0.824. The molecule has 3 nitrogen and oxygen atoms in total. The van der Waals surface area contributed by atoms with Crippen LogP contribution in [0.4, 0.5) is 0 Å². The third-order valence-corrected chi connectivity index (χ3v) is 3.21. The molecule has 0 fully saturated rings. The number of nitrogens with zero attached hydrogens (tertiary/aromatic N) is 1. The largest absolute Gasteiger partial charge is 0.273 e. The summed E-state index contributed by atoms with van der Waals surface area (Å²) in [5.74, 6) is 0.141. The van der Waals surface area contributed by atoms with Crippen LogP contribution in [-0.4, -0.2) is 24.1 Å². The Kier molecular flexibility index (Phi) is 14.0. The number of carbonyl (C=O) groups excluding carboxylic acids is 1. The minimum atomic E-state index is 0.141. The Bertz CT molecular complexity index is 233. The van der Waals surface area contributed by atoms with E-state index in [0.717, 1.165) is 51.5 Å². The van der Waals surface area contributed by atoms with E-state index in [2.05, 4.69) is 13.8 Å². The number of hydroxylamine groups is 2. The molecule has 0 rings (SSSR count). The van der Waals surface area contributed by atoms with E-state index in [1.165, 1.54) is 12.8 Å². The van der Waals surface area contributed by atoms with Gasteiger partial charge in [0.05, 0.1) is 6.61 Å². The van der Waals surface area contributed by atoms with Gasteiger partial charge in [-0.1, -0.05) is 52.2 Å². The normalized spacial score (nSPS) is 10.5. The monoisotopic (exact) mass is 282 g/mol.